The Kier molecular flexibility index (Phi) is 10.2. The van der Waals surface area contributed by atoms with Crippen LogP contribution in [0.2, 0.25) is 0 Å². The van der Waals surface area contributed by atoms with Gasteiger partial charge in [-0.2, -0.15) is 0 Å². The lowest BCUT2D eigenvalue weighted by atomic mass is 9.87. The lowest BCUT2D eigenvalue weighted by Crippen LogP contribution is -2.55. The first kappa shape index (κ1) is 30.9. The van der Waals surface area contributed by atoms with Gasteiger partial charge in [-0.15, -0.1) is 0 Å². The van der Waals surface area contributed by atoms with Crippen molar-refractivity contribution in [1.82, 2.24) is 19.5 Å². The quantitative estimate of drug-likeness (QED) is 0.397. The summed E-state index contributed by atoms with van der Waals surface area (Å²) in [7, 11) is 0. The minimum absolute atomic E-state index is 0.145. The Hall–Kier alpha value is -2.53. The molecular formula is C32H47N5O4S. The van der Waals surface area contributed by atoms with E-state index in [4.69, 9.17) is 9.47 Å². The fourth-order valence-electron chi connectivity index (χ4n) is 6.64. The number of nitrogens with zero attached hydrogens (tertiary/aromatic N) is 3. The number of aromatic amines is 1. The van der Waals surface area contributed by atoms with E-state index in [9.17, 15) is 9.59 Å². The smallest absolute Gasteiger partial charge is 0.253 e. The number of nitrogens with one attached hydrogen (secondary N) is 2. The van der Waals surface area contributed by atoms with Crippen LogP contribution in [0.1, 0.15) is 65.3 Å². The first-order chi connectivity index (χ1) is 20.3. The molecule has 5 rings (SSSR count). The number of amides is 1. The zero-order chi connectivity index (χ0) is 29.8. The molecule has 1 aliphatic carbocycles. The largest absolute Gasteiger partial charge is 0.490 e. The third-order valence-electron chi connectivity index (χ3n) is 9.22. The lowest BCUT2D eigenvalue weighted by Gasteiger charge is -2.45. The number of rotatable bonds is 10. The first-order valence-electron chi connectivity index (χ1n) is 15.4. The number of H-pyrrole nitrogens is 1. The van der Waals surface area contributed by atoms with Crippen LogP contribution in [-0.4, -0.2) is 90.5 Å². The molecular weight excluding hydrogens is 550 g/mol. The predicted molar refractivity (Wildman–Crippen MR) is 170 cm³/mol. The molecule has 0 unspecified atom stereocenters. The van der Waals surface area contributed by atoms with Gasteiger partial charge in [-0.25, -0.2) is 4.31 Å². The zero-order valence-corrected chi connectivity index (χ0v) is 26.6. The predicted octanol–water partition coefficient (Wildman–Crippen LogP) is 4.04. The molecule has 2 aliphatic heterocycles. The molecule has 1 aromatic heterocycles. The van der Waals surface area contributed by atoms with E-state index >= 15 is 0 Å². The number of aryl methyl sites for hydroxylation is 2. The van der Waals surface area contributed by atoms with Crippen LogP contribution >= 0.6 is 11.9 Å². The Morgan fingerprint density at radius 3 is 2.48 bits per heavy atom. The molecule has 3 fully saturated rings. The minimum atomic E-state index is -0.195. The highest BCUT2D eigenvalue weighted by Crippen LogP contribution is 2.36. The van der Waals surface area contributed by atoms with Crippen LogP contribution in [-0.2, 0) is 11.3 Å². The maximum absolute atomic E-state index is 13.7. The van der Waals surface area contributed by atoms with Gasteiger partial charge in [-0.1, -0.05) is 11.9 Å². The van der Waals surface area contributed by atoms with Crippen LogP contribution in [0.5, 0.6) is 5.75 Å². The normalized spacial score (nSPS) is 22.0. The molecule has 0 spiro atoms. The van der Waals surface area contributed by atoms with Gasteiger partial charge < -0.3 is 24.7 Å². The molecule has 2 N–H and O–H groups in total. The molecule has 0 bridgehead atoms. The number of carbonyl (C=O) groups excluding carboxylic acids is 1. The summed E-state index contributed by atoms with van der Waals surface area (Å²) < 4.78 is 14.6. The summed E-state index contributed by atoms with van der Waals surface area (Å²) >= 11 is 1.83. The van der Waals surface area contributed by atoms with Crippen LogP contribution in [0, 0.1) is 20.8 Å². The molecule has 1 aromatic carbocycles. The van der Waals surface area contributed by atoms with Gasteiger partial charge in [0, 0.05) is 106 Å². The maximum Gasteiger partial charge on any atom is 0.253 e. The summed E-state index contributed by atoms with van der Waals surface area (Å²) in [4.78, 5) is 34.1. The van der Waals surface area contributed by atoms with Crippen molar-refractivity contribution in [3.8, 4) is 5.75 Å². The van der Waals surface area contributed by atoms with E-state index in [2.05, 4.69) is 43.7 Å². The van der Waals surface area contributed by atoms with Gasteiger partial charge in [0.2, 0.25) is 0 Å². The number of anilines is 1. The average molecular weight is 598 g/mol. The highest BCUT2D eigenvalue weighted by atomic mass is 32.2. The van der Waals surface area contributed by atoms with E-state index in [1.165, 1.54) is 0 Å². The second-order valence-electron chi connectivity index (χ2n) is 11.9. The van der Waals surface area contributed by atoms with Crippen LogP contribution in [0.15, 0.2) is 23.0 Å². The van der Waals surface area contributed by atoms with Crippen molar-refractivity contribution in [3.63, 3.8) is 0 Å². The Morgan fingerprint density at radius 1 is 1.12 bits per heavy atom. The second-order valence-corrected chi connectivity index (χ2v) is 12.8. The summed E-state index contributed by atoms with van der Waals surface area (Å²) in [6, 6.07) is 6.88. The molecule has 1 amide bonds. The number of aromatic nitrogens is 1. The van der Waals surface area contributed by atoms with Gasteiger partial charge in [0.25, 0.3) is 11.5 Å². The third-order valence-corrected chi connectivity index (χ3v) is 10.1. The van der Waals surface area contributed by atoms with E-state index in [-0.39, 0.29) is 24.1 Å². The molecule has 1 saturated carbocycles. The molecule has 9 nitrogen and oxygen atoms in total. The first-order valence-corrected chi connectivity index (χ1v) is 16.6. The van der Waals surface area contributed by atoms with E-state index in [0.29, 0.717) is 23.2 Å². The standard InChI is InChI=1S/C32H47N5O4S/c1-6-37(24-7-13-40-14-8-24)30-19-27(41-26-16-25(17-26)35-9-11-36(42-5)12-10-35)18-28(23(30)4)31(38)33-20-29-21(2)15-22(3)34-32(29)39/h15,18-19,24-26H,6-14,16-17,20H2,1-5H3,(H,33,38)(H,34,39). The summed E-state index contributed by atoms with van der Waals surface area (Å²) in [5, 5.41) is 3.02. The molecule has 2 saturated heterocycles. The number of hydrogen-bond acceptors (Lipinski definition) is 8. The molecule has 230 valence electrons. The molecule has 0 atom stereocenters. The van der Waals surface area contributed by atoms with Gasteiger partial charge in [-0.3, -0.25) is 14.5 Å². The number of benzene rings is 1. The fraction of sp³-hybridized carbons (Fsp3) is 0.625. The highest BCUT2D eigenvalue weighted by molar-refractivity contribution is 7.96. The highest BCUT2D eigenvalue weighted by Gasteiger charge is 2.37. The number of ether oxygens (including phenoxy) is 2. The Bertz CT molecular complexity index is 1300. The van der Waals surface area contributed by atoms with Crippen LogP contribution in [0.4, 0.5) is 5.69 Å². The van der Waals surface area contributed by atoms with Gasteiger partial charge >= 0.3 is 0 Å². The zero-order valence-electron chi connectivity index (χ0n) is 25.8. The van der Waals surface area contributed by atoms with Crippen molar-refractivity contribution in [2.24, 2.45) is 0 Å². The monoisotopic (exact) mass is 597 g/mol. The number of hydrogen-bond donors (Lipinski definition) is 2. The molecule has 10 heteroatoms. The van der Waals surface area contributed by atoms with Crippen molar-refractivity contribution < 1.29 is 14.3 Å². The van der Waals surface area contributed by atoms with E-state index in [0.717, 1.165) is 99.9 Å². The van der Waals surface area contributed by atoms with E-state index in [1.807, 2.05) is 44.9 Å². The molecule has 3 heterocycles. The third kappa shape index (κ3) is 6.98. The SMILES string of the molecule is CCN(c1cc(OC2CC(N3CCN(SC)CC3)C2)cc(C(=O)NCc2c(C)cc(C)[nH]c2=O)c1C)C1CCOCC1. The molecule has 0 radical (unpaired) electrons. The second kappa shape index (κ2) is 13.8. The maximum atomic E-state index is 13.7. The van der Waals surface area contributed by atoms with Crippen molar-refractivity contribution in [2.45, 2.75) is 78.1 Å². The Morgan fingerprint density at radius 2 is 1.83 bits per heavy atom. The van der Waals surface area contributed by atoms with Crippen molar-refractivity contribution in [2.75, 3.05) is 57.1 Å². The number of pyridine rings is 1. The van der Waals surface area contributed by atoms with E-state index in [1.54, 1.807) is 0 Å². The summed E-state index contributed by atoms with van der Waals surface area (Å²) in [5.41, 5.74) is 4.67. The van der Waals surface area contributed by atoms with Gasteiger partial charge in [0.15, 0.2) is 0 Å². The fourth-order valence-corrected chi connectivity index (χ4v) is 7.17. The summed E-state index contributed by atoms with van der Waals surface area (Å²) in [6.45, 7) is 14.9. The summed E-state index contributed by atoms with van der Waals surface area (Å²) in [6.07, 6.45) is 6.24. The van der Waals surface area contributed by atoms with Gasteiger partial charge in [0.1, 0.15) is 11.9 Å². The molecule has 3 aliphatic rings. The molecule has 42 heavy (non-hydrogen) atoms. The van der Waals surface area contributed by atoms with Crippen LogP contribution in [0.3, 0.4) is 0 Å². The Balaban J connectivity index is 1.34. The Labute approximate surface area is 254 Å². The lowest BCUT2D eigenvalue weighted by molar-refractivity contribution is 0.00499. The summed E-state index contributed by atoms with van der Waals surface area (Å²) in [5.74, 6) is 0.547. The molecule has 2 aromatic rings. The topological polar surface area (TPSA) is 90.1 Å². The van der Waals surface area contributed by atoms with Gasteiger partial charge in [0.05, 0.1) is 0 Å². The minimum Gasteiger partial charge on any atom is -0.490 e. The van der Waals surface area contributed by atoms with E-state index < -0.39 is 0 Å². The van der Waals surface area contributed by atoms with Crippen molar-refractivity contribution >= 4 is 23.5 Å². The van der Waals surface area contributed by atoms with Crippen LogP contribution in [0.25, 0.3) is 0 Å². The van der Waals surface area contributed by atoms with Crippen molar-refractivity contribution in [1.29, 1.82) is 0 Å². The number of carbonyl (C=O) groups is 1. The number of piperazine rings is 1. The van der Waals surface area contributed by atoms with Gasteiger partial charge in [-0.05, 0) is 70.1 Å². The van der Waals surface area contributed by atoms with Crippen LogP contribution < -0.4 is 20.5 Å². The average Bonchev–Trinajstić information content (AvgIpc) is 2.96. The van der Waals surface area contributed by atoms with Crippen molar-refractivity contribution in [3.05, 3.63) is 56.5 Å².